The van der Waals surface area contributed by atoms with Crippen LogP contribution < -0.4 is 4.57 Å². The first-order chi connectivity index (χ1) is 6.13. The van der Waals surface area contributed by atoms with Crippen LogP contribution in [0.4, 0.5) is 0 Å². The van der Waals surface area contributed by atoms with E-state index in [0.29, 0.717) is 0 Å². The van der Waals surface area contributed by atoms with Gasteiger partial charge in [-0.1, -0.05) is 6.07 Å². The van der Waals surface area contributed by atoms with Gasteiger partial charge in [-0.2, -0.15) is 4.57 Å². The third-order valence-corrected chi connectivity index (χ3v) is 1.91. The van der Waals surface area contributed by atoms with E-state index in [0.717, 1.165) is 0 Å². The number of aliphatic hydroxyl groups excluding tert-OH is 1. The van der Waals surface area contributed by atoms with Crippen molar-refractivity contribution in [1.82, 2.24) is 4.90 Å². The second-order valence-electron chi connectivity index (χ2n) is 2.79. The Bertz CT molecular complexity index is 309. The summed E-state index contributed by atoms with van der Waals surface area (Å²) in [6.45, 7) is 0. The van der Waals surface area contributed by atoms with E-state index in [4.69, 9.17) is 11.6 Å². The van der Waals surface area contributed by atoms with Gasteiger partial charge in [0, 0.05) is 26.2 Å². The van der Waals surface area contributed by atoms with Crippen LogP contribution in [0.1, 0.15) is 0 Å². The molecule has 3 nitrogen and oxygen atoms in total. The molecule has 0 amide bonds. The van der Waals surface area contributed by atoms with Crippen molar-refractivity contribution in [2.45, 2.75) is 0 Å². The van der Waals surface area contributed by atoms with Gasteiger partial charge >= 0.3 is 5.16 Å². The minimum Gasteiger partial charge on any atom is -0.489 e. The summed E-state index contributed by atoms with van der Waals surface area (Å²) in [5, 5.41) is 9.78. The number of nitrogens with zero attached hydrogens (tertiary/aromatic N) is 2. The molecule has 1 aromatic rings. The van der Waals surface area contributed by atoms with Crippen LogP contribution in [0.5, 0.6) is 0 Å². The number of rotatable bonds is 2. The van der Waals surface area contributed by atoms with Gasteiger partial charge < -0.3 is 10.0 Å². The molecule has 0 saturated heterocycles. The summed E-state index contributed by atoms with van der Waals surface area (Å²) in [6, 6.07) is 5.56. The van der Waals surface area contributed by atoms with Crippen molar-refractivity contribution in [2.24, 2.45) is 0 Å². The molecule has 1 heterocycles. The van der Waals surface area contributed by atoms with E-state index in [-0.39, 0.29) is 11.0 Å². The Balaban J connectivity index is 3.03. The van der Waals surface area contributed by atoms with Crippen LogP contribution in [0.3, 0.4) is 0 Å². The van der Waals surface area contributed by atoms with Gasteiger partial charge in [-0.25, -0.2) is 0 Å². The second kappa shape index (κ2) is 4.14. The maximum atomic E-state index is 9.50. The Labute approximate surface area is 82.5 Å². The fourth-order valence-electron chi connectivity index (χ4n) is 0.830. The molecule has 0 spiro atoms. The largest absolute Gasteiger partial charge is 0.489 e. The number of aromatic nitrogens is 1. The van der Waals surface area contributed by atoms with Crippen molar-refractivity contribution in [3.05, 3.63) is 36.5 Å². The van der Waals surface area contributed by atoms with Crippen molar-refractivity contribution >= 4 is 16.8 Å². The Kier molecular flexibility index (Phi) is 3.14. The van der Waals surface area contributed by atoms with Crippen molar-refractivity contribution in [3.8, 4) is 0 Å². The zero-order valence-electron chi connectivity index (χ0n) is 7.61. The summed E-state index contributed by atoms with van der Waals surface area (Å²) in [6.07, 6.45) is 3.53. The monoisotopic (exact) mass is 199 g/mol. The Morgan fingerprint density at radius 1 is 1.23 bits per heavy atom. The SMILES string of the molecule is CN(C)/C(O)=C(\Cl)[n+]1ccccc1. The highest BCUT2D eigenvalue weighted by molar-refractivity contribution is 6.43. The zero-order chi connectivity index (χ0) is 9.84. The summed E-state index contributed by atoms with van der Waals surface area (Å²) in [5.74, 6) is 0.0397. The molecule has 0 unspecified atom stereocenters. The molecule has 0 atom stereocenters. The van der Waals surface area contributed by atoms with Crippen LogP contribution >= 0.6 is 11.6 Å². The summed E-state index contributed by atoms with van der Waals surface area (Å²) in [5.41, 5.74) is 0. The summed E-state index contributed by atoms with van der Waals surface area (Å²) >= 11 is 5.90. The van der Waals surface area contributed by atoms with Gasteiger partial charge in [-0.05, 0) is 11.6 Å². The molecule has 0 radical (unpaired) electrons. The van der Waals surface area contributed by atoms with Crippen LogP contribution in [0, 0.1) is 0 Å². The number of pyridine rings is 1. The highest BCUT2D eigenvalue weighted by Gasteiger charge is 2.14. The van der Waals surface area contributed by atoms with Crippen molar-refractivity contribution in [1.29, 1.82) is 0 Å². The highest BCUT2D eigenvalue weighted by atomic mass is 35.5. The molecule has 0 aliphatic rings. The van der Waals surface area contributed by atoms with E-state index >= 15 is 0 Å². The van der Waals surface area contributed by atoms with Gasteiger partial charge in [-0.3, -0.25) is 0 Å². The van der Waals surface area contributed by atoms with E-state index in [1.807, 2.05) is 18.2 Å². The highest BCUT2D eigenvalue weighted by Crippen LogP contribution is 2.07. The Hall–Kier alpha value is -1.22. The molecule has 0 saturated carbocycles. The first-order valence-electron chi connectivity index (χ1n) is 3.85. The lowest BCUT2D eigenvalue weighted by atomic mass is 10.5. The van der Waals surface area contributed by atoms with Gasteiger partial charge in [-0.15, -0.1) is 0 Å². The predicted octanol–water partition coefficient (Wildman–Crippen LogP) is 1.42. The molecule has 0 aliphatic carbocycles. The Morgan fingerprint density at radius 2 is 1.77 bits per heavy atom. The molecule has 4 heteroatoms. The smallest absolute Gasteiger partial charge is 0.341 e. The molecule has 1 aromatic heterocycles. The molecule has 70 valence electrons. The van der Waals surface area contributed by atoms with Crippen LogP contribution in [0.2, 0.25) is 0 Å². The van der Waals surface area contributed by atoms with Gasteiger partial charge in [0.25, 0.3) is 5.88 Å². The molecule has 0 fully saturated rings. The molecule has 0 bridgehead atoms. The minimum absolute atomic E-state index is 0.0397. The van der Waals surface area contributed by atoms with Gasteiger partial charge in [0.2, 0.25) is 0 Å². The van der Waals surface area contributed by atoms with E-state index in [1.165, 1.54) is 0 Å². The van der Waals surface area contributed by atoms with Crippen LogP contribution in [-0.4, -0.2) is 24.1 Å². The lowest BCUT2D eigenvalue weighted by Gasteiger charge is -2.08. The zero-order valence-corrected chi connectivity index (χ0v) is 8.36. The maximum absolute atomic E-state index is 9.50. The number of hydrogen-bond acceptors (Lipinski definition) is 2. The molecule has 0 aromatic carbocycles. The molecule has 1 N–H and O–H groups in total. The fourth-order valence-corrected chi connectivity index (χ4v) is 1.11. The number of halogens is 1. The predicted molar refractivity (Wildman–Crippen MR) is 52.0 cm³/mol. The number of aliphatic hydroxyl groups is 1. The van der Waals surface area contributed by atoms with Crippen molar-refractivity contribution in [2.75, 3.05) is 14.1 Å². The van der Waals surface area contributed by atoms with Crippen molar-refractivity contribution < 1.29 is 9.67 Å². The lowest BCUT2D eigenvalue weighted by Crippen LogP contribution is -2.31. The Morgan fingerprint density at radius 3 is 2.23 bits per heavy atom. The first-order valence-corrected chi connectivity index (χ1v) is 4.23. The summed E-state index contributed by atoms with van der Waals surface area (Å²) in [7, 11) is 3.45. The molecule has 0 aliphatic heterocycles. The second-order valence-corrected chi connectivity index (χ2v) is 3.15. The maximum Gasteiger partial charge on any atom is 0.341 e. The minimum atomic E-state index is 0.0397. The fraction of sp³-hybridized carbons (Fsp3) is 0.222. The number of hydrogen-bond donors (Lipinski definition) is 1. The van der Waals surface area contributed by atoms with E-state index in [2.05, 4.69) is 0 Å². The normalized spacial score (nSPS) is 12.2. The van der Waals surface area contributed by atoms with E-state index in [9.17, 15) is 5.11 Å². The quantitative estimate of drug-likeness (QED) is 0.576. The van der Waals surface area contributed by atoms with Gasteiger partial charge in [0.1, 0.15) is 0 Å². The average molecular weight is 200 g/mol. The summed E-state index contributed by atoms with van der Waals surface area (Å²) < 4.78 is 1.64. The third kappa shape index (κ3) is 2.36. The van der Waals surface area contributed by atoms with Crippen LogP contribution in [0.15, 0.2) is 36.5 Å². The molecule has 1 rings (SSSR count). The molecular weight excluding hydrogens is 188 g/mol. The van der Waals surface area contributed by atoms with E-state index in [1.54, 1.807) is 36.0 Å². The average Bonchev–Trinajstić information content (AvgIpc) is 2.17. The molecular formula is C9H12ClN2O+. The molecule has 13 heavy (non-hydrogen) atoms. The van der Waals surface area contributed by atoms with Crippen LogP contribution in [-0.2, 0) is 0 Å². The third-order valence-electron chi connectivity index (χ3n) is 1.55. The van der Waals surface area contributed by atoms with Gasteiger partial charge in [0.15, 0.2) is 12.4 Å². The topological polar surface area (TPSA) is 27.3 Å². The standard InChI is InChI=1S/C9H11ClN2O/c1-11(2)9(13)8(10)12-6-4-3-5-7-12/h3-7H,1-2H3/p+1/b9-8-. The van der Waals surface area contributed by atoms with E-state index < -0.39 is 0 Å². The lowest BCUT2D eigenvalue weighted by molar-refractivity contribution is -0.576. The van der Waals surface area contributed by atoms with Crippen molar-refractivity contribution in [3.63, 3.8) is 0 Å². The first kappa shape index (κ1) is 9.86. The van der Waals surface area contributed by atoms with Crippen LogP contribution in [0.25, 0.3) is 5.16 Å². The van der Waals surface area contributed by atoms with Gasteiger partial charge in [0.05, 0.1) is 0 Å². The summed E-state index contributed by atoms with van der Waals surface area (Å²) in [4.78, 5) is 1.54.